The molecule has 20 heteroatoms. The molecule has 1 saturated heterocycles. The van der Waals surface area contributed by atoms with Gasteiger partial charge in [0.05, 0.1) is 19.8 Å². The van der Waals surface area contributed by atoms with Gasteiger partial charge in [-0.1, -0.05) is 18.5 Å². The van der Waals surface area contributed by atoms with Gasteiger partial charge in [-0.2, -0.15) is 17.9 Å². The molecule has 4 heterocycles. The third-order valence-electron chi connectivity index (χ3n) is 6.66. The van der Waals surface area contributed by atoms with Crippen LogP contribution in [0.1, 0.15) is 23.4 Å². The van der Waals surface area contributed by atoms with Crippen LogP contribution in [0, 0.1) is 5.41 Å². The normalized spacial score (nSPS) is 15.3. The number of halogens is 7. The summed E-state index contributed by atoms with van der Waals surface area (Å²) in [5.74, 6) is -3.44. The van der Waals surface area contributed by atoms with E-state index in [0.29, 0.717) is 27.1 Å². The van der Waals surface area contributed by atoms with E-state index in [9.17, 15) is 41.0 Å². The summed E-state index contributed by atoms with van der Waals surface area (Å²) in [6, 6.07) is 7.67. The zero-order chi connectivity index (χ0) is 33.4. The number of aliphatic hydroxyl groups excluding tert-OH is 1. The highest BCUT2D eigenvalue weighted by molar-refractivity contribution is 6.30. The van der Waals surface area contributed by atoms with Gasteiger partial charge in [-0.15, -0.1) is 23.4 Å². The van der Waals surface area contributed by atoms with Crippen molar-refractivity contribution in [2.24, 2.45) is 5.41 Å². The summed E-state index contributed by atoms with van der Waals surface area (Å²) < 4.78 is 90.3. The second-order valence-electron chi connectivity index (χ2n) is 10.6. The first-order valence-corrected chi connectivity index (χ1v) is 13.6. The number of aliphatic hydroxyl groups is 1. The van der Waals surface area contributed by atoms with Gasteiger partial charge in [0.2, 0.25) is 5.82 Å². The minimum absolute atomic E-state index is 0.109. The van der Waals surface area contributed by atoms with E-state index in [0.717, 1.165) is 18.3 Å². The number of amides is 1. The molecule has 2 N–H and O–H groups in total. The quantitative estimate of drug-likeness (QED) is 0.242. The Bertz CT molecular complexity index is 1780. The first-order valence-electron chi connectivity index (χ1n) is 13.2. The predicted molar refractivity (Wildman–Crippen MR) is 145 cm³/mol. The highest BCUT2D eigenvalue weighted by Gasteiger charge is 2.40. The summed E-state index contributed by atoms with van der Waals surface area (Å²) >= 11 is 5.91. The van der Waals surface area contributed by atoms with Crippen LogP contribution in [-0.2, 0) is 17.8 Å². The van der Waals surface area contributed by atoms with E-state index in [1.807, 2.05) is 6.92 Å². The van der Waals surface area contributed by atoms with Crippen molar-refractivity contribution in [3.8, 4) is 23.0 Å². The van der Waals surface area contributed by atoms with Crippen molar-refractivity contribution in [3.63, 3.8) is 0 Å². The van der Waals surface area contributed by atoms with Crippen molar-refractivity contribution >= 4 is 17.5 Å². The maximum Gasteiger partial charge on any atom is 0.573 e. The monoisotopic (exact) mass is 676 g/mol. The molecule has 4 aromatic rings. The summed E-state index contributed by atoms with van der Waals surface area (Å²) in [6.45, 7) is 0.759. The molecular formula is C26H23ClF6N8O5. The Morgan fingerprint density at radius 2 is 1.85 bits per heavy atom. The van der Waals surface area contributed by atoms with Crippen LogP contribution in [0.2, 0.25) is 5.02 Å². The summed E-state index contributed by atoms with van der Waals surface area (Å²) in [4.78, 5) is 34.5. The van der Waals surface area contributed by atoms with Crippen molar-refractivity contribution in [1.29, 1.82) is 0 Å². The van der Waals surface area contributed by atoms with E-state index in [1.54, 1.807) is 0 Å². The maximum atomic E-state index is 13.3. The molecule has 1 aliphatic heterocycles. The van der Waals surface area contributed by atoms with E-state index in [2.05, 4.69) is 30.2 Å². The number of rotatable bonds is 10. The fraction of sp³-hybridized carbons (Fsp3) is 0.385. The molecular weight excluding hydrogens is 654 g/mol. The van der Waals surface area contributed by atoms with Crippen LogP contribution in [0.15, 0.2) is 47.4 Å². The van der Waals surface area contributed by atoms with E-state index < -0.39 is 66.1 Å². The smallest absolute Gasteiger partial charge is 0.402 e. The molecule has 1 aromatic carbocycles. The fourth-order valence-corrected chi connectivity index (χ4v) is 4.44. The van der Waals surface area contributed by atoms with Gasteiger partial charge >= 0.3 is 18.2 Å². The maximum absolute atomic E-state index is 13.3. The minimum atomic E-state index is -5.14. The van der Waals surface area contributed by atoms with E-state index in [-0.39, 0.29) is 28.8 Å². The number of hydrogen-bond acceptors (Lipinski definition) is 9. The van der Waals surface area contributed by atoms with Gasteiger partial charge < -0.3 is 19.9 Å². The van der Waals surface area contributed by atoms with E-state index >= 15 is 0 Å². The molecule has 3 aromatic heterocycles. The number of pyridine rings is 1. The first-order chi connectivity index (χ1) is 21.5. The molecule has 1 amide bonds. The Labute approximate surface area is 259 Å². The zero-order valence-corrected chi connectivity index (χ0v) is 24.3. The number of nitrogens with one attached hydrogen (secondary N) is 1. The number of ether oxygens (including phenoxy) is 2. The molecule has 1 aliphatic rings. The summed E-state index contributed by atoms with van der Waals surface area (Å²) in [5, 5.41) is 20.8. The van der Waals surface area contributed by atoms with Crippen molar-refractivity contribution < 1.29 is 45.7 Å². The fourth-order valence-electron chi connectivity index (χ4n) is 4.32. The van der Waals surface area contributed by atoms with Crippen molar-refractivity contribution in [2.45, 2.75) is 38.7 Å². The summed E-state index contributed by atoms with van der Waals surface area (Å²) in [5.41, 5.74) is -1.35. The minimum Gasteiger partial charge on any atom is -0.402 e. The van der Waals surface area contributed by atoms with E-state index in [1.165, 1.54) is 24.3 Å². The van der Waals surface area contributed by atoms with Gasteiger partial charge in [-0.3, -0.25) is 9.36 Å². The molecule has 0 spiro atoms. The lowest BCUT2D eigenvalue weighted by Gasteiger charge is -2.37. The van der Waals surface area contributed by atoms with Gasteiger partial charge in [0.15, 0.2) is 29.3 Å². The lowest BCUT2D eigenvalue weighted by Crippen LogP contribution is -2.48. The second kappa shape index (κ2) is 12.4. The van der Waals surface area contributed by atoms with Crippen molar-refractivity contribution in [3.05, 3.63) is 69.8 Å². The molecule has 1 unspecified atom stereocenters. The highest BCUT2D eigenvalue weighted by atomic mass is 35.5. The molecule has 5 rings (SSSR count). The molecule has 246 valence electrons. The largest absolute Gasteiger partial charge is 0.573 e. The van der Waals surface area contributed by atoms with E-state index in [4.69, 9.17) is 16.3 Å². The van der Waals surface area contributed by atoms with Gasteiger partial charge in [0.25, 0.3) is 5.91 Å². The highest BCUT2D eigenvalue weighted by Crippen LogP contribution is 2.29. The number of carbonyl (C=O) groups is 1. The lowest BCUT2D eigenvalue weighted by molar-refractivity contribution is -0.274. The first kappa shape index (κ1) is 32.9. The third kappa shape index (κ3) is 7.31. The van der Waals surface area contributed by atoms with Crippen LogP contribution in [0.5, 0.6) is 5.75 Å². The number of carbonyl (C=O) groups excluding carboxylic acids is 1. The molecule has 1 fully saturated rings. The topological polar surface area (TPSA) is 151 Å². The van der Waals surface area contributed by atoms with Crippen LogP contribution < -0.4 is 15.7 Å². The summed E-state index contributed by atoms with van der Waals surface area (Å²) in [7, 11) is 0. The lowest BCUT2D eigenvalue weighted by atomic mass is 9.89. The Hall–Kier alpha value is -4.49. The number of nitrogens with zero attached hydrogens (tertiary/aromatic N) is 7. The van der Waals surface area contributed by atoms with Crippen molar-refractivity contribution in [1.82, 2.24) is 39.4 Å². The molecule has 0 radical (unpaired) electrons. The zero-order valence-electron chi connectivity index (χ0n) is 23.5. The van der Waals surface area contributed by atoms with Gasteiger partial charge in [-0.25, -0.2) is 19.4 Å². The molecule has 46 heavy (non-hydrogen) atoms. The molecule has 1 atom stereocenters. The van der Waals surface area contributed by atoms with Crippen LogP contribution >= 0.6 is 11.6 Å². The average molecular weight is 677 g/mol. The Balaban J connectivity index is 1.56. The molecule has 13 nitrogen and oxygen atoms in total. The van der Waals surface area contributed by atoms with Crippen LogP contribution in [0.3, 0.4) is 0 Å². The van der Waals surface area contributed by atoms with Gasteiger partial charge in [-0.05, 0) is 36.4 Å². The average Bonchev–Trinajstić information content (AvgIpc) is 3.51. The molecule has 0 aliphatic carbocycles. The standard InChI is InChI=1S/C26H23ClF6N8O5/c1-24(12-45-13-24)11-35-22(43)21-36-18(37-41(21)20-16(3-2-8-34-20)46-26(31,32)33)10-40-23(44)39(9-17(42)25(28,29)30)19(38-40)14-4-6-15(27)7-5-14/h2-8,17,42H,9-13H2,1H3,(H,35,43). The Morgan fingerprint density at radius 1 is 1.15 bits per heavy atom. The Morgan fingerprint density at radius 3 is 2.46 bits per heavy atom. The second-order valence-corrected chi connectivity index (χ2v) is 11.0. The SMILES string of the molecule is CC1(CNC(=O)c2nc(Cn3nc(-c4ccc(Cl)cc4)n(CC(O)C(F)(F)F)c3=O)nn2-c2ncccc2OC(F)(F)F)COC1. The van der Waals surface area contributed by atoms with Crippen molar-refractivity contribution in [2.75, 3.05) is 19.8 Å². The number of alkyl halides is 6. The Kier molecular flexibility index (Phi) is 8.84. The number of benzene rings is 1. The molecule has 0 saturated carbocycles. The number of hydrogen-bond donors (Lipinski definition) is 2. The van der Waals surface area contributed by atoms with Crippen LogP contribution in [0.4, 0.5) is 26.3 Å². The summed E-state index contributed by atoms with van der Waals surface area (Å²) in [6.07, 6.45) is -12.0. The van der Waals surface area contributed by atoms with Gasteiger partial charge in [0.1, 0.15) is 6.54 Å². The third-order valence-corrected chi connectivity index (χ3v) is 6.91. The van der Waals surface area contributed by atoms with Crippen LogP contribution in [-0.4, -0.2) is 83.5 Å². The number of aromatic nitrogens is 7. The van der Waals surface area contributed by atoms with Crippen LogP contribution in [0.25, 0.3) is 17.2 Å². The van der Waals surface area contributed by atoms with Gasteiger partial charge in [0, 0.05) is 28.7 Å². The molecule has 0 bridgehead atoms. The predicted octanol–water partition coefficient (Wildman–Crippen LogP) is 2.98.